The molecule has 1 aromatic heterocycles. The number of nitrogens with one attached hydrogen (secondary N) is 2. The first-order valence-corrected chi connectivity index (χ1v) is 5.47. The average Bonchev–Trinajstić information content (AvgIpc) is 2.32. The van der Waals surface area contributed by atoms with Crippen LogP contribution in [0.2, 0.25) is 5.15 Å². The number of carbonyl (C=O) groups excluding carboxylic acids is 1. The second-order valence-electron chi connectivity index (χ2n) is 3.43. The van der Waals surface area contributed by atoms with Gasteiger partial charge in [0.15, 0.2) is 5.15 Å². The van der Waals surface area contributed by atoms with E-state index in [0.29, 0.717) is 11.4 Å². The van der Waals surface area contributed by atoms with Crippen LogP contribution in [-0.2, 0) is 0 Å². The molecular weight excluding hydrogens is 257 g/mol. The Bertz CT molecular complexity index is 577. The highest BCUT2D eigenvalue weighted by atomic mass is 35.5. The Balaban J connectivity index is 2.03. The van der Waals surface area contributed by atoms with E-state index in [4.69, 9.17) is 11.6 Å². The lowest BCUT2D eigenvalue weighted by molar-refractivity contribution is 0.262. The summed E-state index contributed by atoms with van der Waals surface area (Å²) in [6, 6.07) is 8.32. The van der Waals surface area contributed by atoms with Crippen molar-refractivity contribution in [2.45, 2.75) is 0 Å². The van der Waals surface area contributed by atoms with Crippen LogP contribution in [0, 0.1) is 5.82 Å². The molecule has 0 aliphatic heterocycles. The Hall–Kier alpha value is -2.14. The number of nitrogens with zero attached hydrogens (tertiary/aromatic N) is 1. The second kappa shape index (κ2) is 5.46. The number of urea groups is 1. The Labute approximate surface area is 108 Å². The molecule has 1 aromatic carbocycles. The van der Waals surface area contributed by atoms with Gasteiger partial charge < -0.3 is 10.6 Å². The lowest BCUT2D eigenvalue weighted by atomic mass is 10.3. The van der Waals surface area contributed by atoms with Crippen LogP contribution in [-0.4, -0.2) is 11.0 Å². The molecular formula is C12H9ClFN3O. The molecule has 0 aliphatic rings. The Morgan fingerprint density at radius 1 is 1.22 bits per heavy atom. The number of carbonyl (C=O) groups is 1. The highest BCUT2D eigenvalue weighted by molar-refractivity contribution is 6.32. The molecule has 1 heterocycles. The minimum atomic E-state index is -0.518. The second-order valence-corrected chi connectivity index (χ2v) is 3.79. The number of halogens is 2. The summed E-state index contributed by atoms with van der Waals surface area (Å²) >= 11 is 5.78. The molecule has 0 bridgehead atoms. The molecule has 0 saturated carbocycles. The fraction of sp³-hybridized carbons (Fsp3) is 0. The zero-order valence-electron chi connectivity index (χ0n) is 9.15. The van der Waals surface area contributed by atoms with Gasteiger partial charge in [-0.25, -0.2) is 14.2 Å². The summed E-state index contributed by atoms with van der Waals surface area (Å²) in [5.74, 6) is -0.424. The molecule has 92 valence electrons. The van der Waals surface area contributed by atoms with E-state index >= 15 is 0 Å². The van der Waals surface area contributed by atoms with Crippen molar-refractivity contribution < 1.29 is 9.18 Å². The van der Waals surface area contributed by atoms with Crippen molar-refractivity contribution in [3.63, 3.8) is 0 Å². The van der Waals surface area contributed by atoms with Crippen molar-refractivity contribution in [1.82, 2.24) is 4.98 Å². The van der Waals surface area contributed by atoms with E-state index in [9.17, 15) is 9.18 Å². The van der Waals surface area contributed by atoms with Crippen LogP contribution in [0.15, 0.2) is 42.6 Å². The highest BCUT2D eigenvalue weighted by Gasteiger charge is 2.06. The van der Waals surface area contributed by atoms with Crippen molar-refractivity contribution in [2.75, 3.05) is 10.6 Å². The monoisotopic (exact) mass is 265 g/mol. The van der Waals surface area contributed by atoms with Gasteiger partial charge in [0.05, 0.1) is 5.69 Å². The van der Waals surface area contributed by atoms with Crippen LogP contribution in [0.5, 0.6) is 0 Å². The first-order valence-electron chi connectivity index (χ1n) is 5.09. The van der Waals surface area contributed by atoms with Crippen LogP contribution in [0.4, 0.5) is 20.6 Å². The molecule has 2 aromatic rings. The molecule has 0 radical (unpaired) electrons. The van der Waals surface area contributed by atoms with Gasteiger partial charge in [0.2, 0.25) is 0 Å². The largest absolute Gasteiger partial charge is 0.323 e. The number of pyridine rings is 1. The number of hydrogen-bond donors (Lipinski definition) is 2. The summed E-state index contributed by atoms with van der Waals surface area (Å²) in [4.78, 5) is 15.4. The lowest BCUT2D eigenvalue weighted by Crippen LogP contribution is -2.19. The van der Waals surface area contributed by atoms with Gasteiger partial charge in [0.25, 0.3) is 0 Å². The van der Waals surface area contributed by atoms with Crippen LogP contribution >= 0.6 is 11.6 Å². The minimum absolute atomic E-state index is 0.187. The normalized spacial score (nSPS) is 9.89. The Kier molecular flexibility index (Phi) is 3.74. The molecule has 2 rings (SSSR count). The first-order chi connectivity index (χ1) is 8.65. The fourth-order valence-corrected chi connectivity index (χ4v) is 1.50. The van der Waals surface area contributed by atoms with Crippen LogP contribution < -0.4 is 10.6 Å². The van der Waals surface area contributed by atoms with E-state index in [1.54, 1.807) is 18.2 Å². The quantitative estimate of drug-likeness (QED) is 0.817. The summed E-state index contributed by atoms with van der Waals surface area (Å²) in [6.07, 6.45) is 1.51. The van der Waals surface area contributed by atoms with E-state index in [0.717, 1.165) is 0 Å². The number of hydrogen-bond acceptors (Lipinski definition) is 2. The van der Waals surface area contributed by atoms with Gasteiger partial charge in [-0.3, -0.25) is 0 Å². The topological polar surface area (TPSA) is 54.0 Å². The first kappa shape index (κ1) is 12.3. The molecule has 0 spiro atoms. The average molecular weight is 266 g/mol. The van der Waals surface area contributed by atoms with E-state index in [-0.39, 0.29) is 5.15 Å². The zero-order valence-corrected chi connectivity index (χ0v) is 9.91. The van der Waals surface area contributed by atoms with Crippen LogP contribution in [0.1, 0.15) is 0 Å². The molecule has 4 nitrogen and oxygen atoms in total. The SMILES string of the molecule is O=C(Nc1cccc(F)c1)Nc1cccnc1Cl. The standard InChI is InChI=1S/C12H9ClFN3O/c13-11-10(5-2-6-15-11)17-12(18)16-9-4-1-3-8(14)7-9/h1-7H,(H2,16,17,18). The Morgan fingerprint density at radius 3 is 2.78 bits per heavy atom. The fourth-order valence-electron chi connectivity index (χ4n) is 1.33. The van der Waals surface area contributed by atoms with Gasteiger partial charge in [0.1, 0.15) is 5.82 Å². The zero-order chi connectivity index (χ0) is 13.0. The summed E-state index contributed by atoms with van der Waals surface area (Å²) in [5.41, 5.74) is 0.737. The number of benzene rings is 1. The molecule has 2 N–H and O–H groups in total. The molecule has 0 aliphatic carbocycles. The van der Waals surface area contributed by atoms with Crippen molar-refractivity contribution in [1.29, 1.82) is 0 Å². The predicted octanol–water partition coefficient (Wildman–Crippen LogP) is 3.52. The van der Waals surface area contributed by atoms with E-state index < -0.39 is 11.8 Å². The maximum absolute atomic E-state index is 12.9. The predicted molar refractivity (Wildman–Crippen MR) is 68.3 cm³/mol. The van der Waals surface area contributed by atoms with Gasteiger partial charge in [-0.1, -0.05) is 17.7 Å². The van der Waals surface area contributed by atoms with E-state index in [2.05, 4.69) is 15.6 Å². The van der Waals surface area contributed by atoms with Crippen molar-refractivity contribution in [2.24, 2.45) is 0 Å². The minimum Gasteiger partial charge on any atom is -0.308 e. The highest BCUT2D eigenvalue weighted by Crippen LogP contribution is 2.18. The number of amides is 2. The number of aromatic nitrogens is 1. The smallest absolute Gasteiger partial charge is 0.308 e. The molecule has 0 saturated heterocycles. The summed E-state index contributed by atoms with van der Waals surface area (Å²) < 4.78 is 12.9. The molecule has 6 heteroatoms. The molecule has 0 fully saturated rings. The van der Waals surface area contributed by atoms with Crippen molar-refractivity contribution >= 4 is 29.0 Å². The van der Waals surface area contributed by atoms with Crippen LogP contribution in [0.25, 0.3) is 0 Å². The van der Waals surface area contributed by atoms with Gasteiger partial charge in [-0.15, -0.1) is 0 Å². The van der Waals surface area contributed by atoms with E-state index in [1.807, 2.05) is 0 Å². The summed E-state index contributed by atoms with van der Waals surface area (Å²) in [5, 5.41) is 5.18. The Morgan fingerprint density at radius 2 is 2.06 bits per heavy atom. The molecule has 2 amide bonds. The lowest BCUT2D eigenvalue weighted by Gasteiger charge is -2.08. The van der Waals surface area contributed by atoms with Gasteiger partial charge in [0, 0.05) is 11.9 Å². The van der Waals surface area contributed by atoms with Gasteiger partial charge >= 0.3 is 6.03 Å². The molecule has 0 atom stereocenters. The van der Waals surface area contributed by atoms with Crippen LogP contribution in [0.3, 0.4) is 0 Å². The molecule has 18 heavy (non-hydrogen) atoms. The maximum atomic E-state index is 12.9. The summed E-state index contributed by atoms with van der Waals surface area (Å²) in [6.45, 7) is 0. The van der Waals surface area contributed by atoms with Gasteiger partial charge in [-0.2, -0.15) is 0 Å². The van der Waals surface area contributed by atoms with Crippen molar-refractivity contribution in [3.05, 3.63) is 53.6 Å². The summed E-state index contributed by atoms with van der Waals surface area (Å²) in [7, 11) is 0. The van der Waals surface area contributed by atoms with E-state index in [1.165, 1.54) is 24.4 Å². The maximum Gasteiger partial charge on any atom is 0.323 e. The number of anilines is 2. The third-order valence-corrected chi connectivity index (χ3v) is 2.39. The third-order valence-electron chi connectivity index (χ3n) is 2.09. The van der Waals surface area contributed by atoms with Gasteiger partial charge in [-0.05, 0) is 30.3 Å². The van der Waals surface area contributed by atoms with Crippen molar-refractivity contribution in [3.8, 4) is 0 Å². The third kappa shape index (κ3) is 3.18. The number of rotatable bonds is 2. The molecule has 0 unspecified atom stereocenters.